The van der Waals surface area contributed by atoms with Gasteiger partial charge in [0.2, 0.25) is 0 Å². The summed E-state index contributed by atoms with van der Waals surface area (Å²) in [6.45, 7) is 11.2. The lowest BCUT2D eigenvalue weighted by atomic mass is 10.2. The van der Waals surface area contributed by atoms with E-state index in [0.29, 0.717) is 65.9 Å². The molecule has 0 aliphatic heterocycles. The van der Waals surface area contributed by atoms with Crippen LogP contribution < -0.4 is 11.1 Å². The second kappa shape index (κ2) is 16.5. The molecular weight excluding hydrogens is 328 g/mol. The smallest absolute Gasteiger partial charge is 0.407 e. The van der Waals surface area contributed by atoms with Crippen molar-refractivity contribution in [2.45, 2.75) is 39.2 Å². The summed E-state index contributed by atoms with van der Waals surface area (Å²) in [5, 5.41) is 2.68. The van der Waals surface area contributed by atoms with Crippen LogP contribution >= 0.6 is 0 Å². The van der Waals surface area contributed by atoms with E-state index in [4.69, 9.17) is 29.4 Å². The first-order chi connectivity index (χ1) is 12.0. The van der Waals surface area contributed by atoms with Crippen LogP contribution in [0.1, 0.15) is 33.6 Å². The van der Waals surface area contributed by atoms with Crippen molar-refractivity contribution >= 4 is 6.09 Å². The SMILES string of the molecule is CC(C)(C)OC(=O)NCCCOCCOCCOCCOCCCN. The standard InChI is InChI=1S/C17H36N2O6/c1-17(2,3)25-16(20)19-7-5-9-22-11-13-24-15-14-23-12-10-21-8-4-6-18/h4-15,18H2,1-3H3,(H,19,20). The molecule has 0 rings (SSSR count). The van der Waals surface area contributed by atoms with E-state index in [2.05, 4.69) is 5.32 Å². The van der Waals surface area contributed by atoms with Crippen LogP contribution in [0, 0.1) is 0 Å². The lowest BCUT2D eigenvalue weighted by molar-refractivity contribution is -0.00211. The number of hydrogen-bond donors (Lipinski definition) is 2. The van der Waals surface area contributed by atoms with Crippen LogP contribution in [0.15, 0.2) is 0 Å². The Balaban J connectivity index is 3.13. The van der Waals surface area contributed by atoms with Gasteiger partial charge in [-0.1, -0.05) is 0 Å². The van der Waals surface area contributed by atoms with Gasteiger partial charge in [0.1, 0.15) is 5.60 Å². The summed E-state index contributed by atoms with van der Waals surface area (Å²) < 4.78 is 26.6. The van der Waals surface area contributed by atoms with E-state index >= 15 is 0 Å². The third-order valence-corrected chi connectivity index (χ3v) is 2.74. The predicted octanol–water partition coefficient (Wildman–Crippen LogP) is 1.32. The number of ether oxygens (including phenoxy) is 5. The van der Waals surface area contributed by atoms with Gasteiger partial charge in [0.15, 0.2) is 0 Å². The van der Waals surface area contributed by atoms with Crippen molar-refractivity contribution in [2.75, 3.05) is 65.9 Å². The maximum atomic E-state index is 11.4. The number of carbonyl (C=O) groups excluding carboxylic acids is 1. The fourth-order valence-corrected chi connectivity index (χ4v) is 1.63. The number of hydrogen-bond acceptors (Lipinski definition) is 7. The van der Waals surface area contributed by atoms with Crippen molar-refractivity contribution in [2.24, 2.45) is 5.73 Å². The number of alkyl carbamates (subject to hydrolysis) is 1. The Hall–Kier alpha value is -0.930. The lowest BCUT2D eigenvalue weighted by Gasteiger charge is -2.19. The number of nitrogens with one attached hydrogen (secondary N) is 1. The Bertz CT molecular complexity index is 310. The second-order valence-corrected chi connectivity index (χ2v) is 6.37. The normalized spacial score (nSPS) is 11.5. The fourth-order valence-electron chi connectivity index (χ4n) is 1.63. The van der Waals surface area contributed by atoms with Crippen molar-refractivity contribution in [1.82, 2.24) is 5.32 Å². The van der Waals surface area contributed by atoms with Crippen molar-refractivity contribution in [3.63, 3.8) is 0 Å². The van der Waals surface area contributed by atoms with Crippen molar-refractivity contribution in [3.8, 4) is 0 Å². The van der Waals surface area contributed by atoms with E-state index < -0.39 is 11.7 Å². The van der Waals surface area contributed by atoms with E-state index in [1.54, 1.807) is 0 Å². The highest BCUT2D eigenvalue weighted by Gasteiger charge is 2.15. The van der Waals surface area contributed by atoms with E-state index in [9.17, 15) is 4.79 Å². The summed E-state index contributed by atoms with van der Waals surface area (Å²) in [5.41, 5.74) is 4.88. The van der Waals surface area contributed by atoms with Gasteiger partial charge in [-0.25, -0.2) is 4.79 Å². The molecule has 0 aromatic heterocycles. The topological polar surface area (TPSA) is 101 Å². The summed E-state index contributed by atoms with van der Waals surface area (Å²) in [7, 11) is 0. The zero-order valence-corrected chi connectivity index (χ0v) is 16.0. The van der Waals surface area contributed by atoms with Crippen LogP contribution in [-0.4, -0.2) is 77.6 Å². The highest BCUT2D eigenvalue weighted by Crippen LogP contribution is 2.06. The lowest BCUT2D eigenvalue weighted by Crippen LogP contribution is -2.33. The third kappa shape index (κ3) is 21.0. The minimum atomic E-state index is -0.473. The second-order valence-electron chi connectivity index (χ2n) is 6.37. The number of nitrogens with two attached hydrogens (primary N) is 1. The molecule has 3 N–H and O–H groups in total. The first-order valence-electron chi connectivity index (χ1n) is 8.93. The van der Waals surface area contributed by atoms with Gasteiger partial charge in [0.05, 0.1) is 39.6 Å². The first kappa shape index (κ1) is 24.1. The summed E-state index contributed by atoms with van der Waals surface area (Å²) in [6.07, 6.45) is 1.20. The number of carbonyl (C=O) groups is 1. The molecule has 0 fully saturated rings. The largest absolute Gasteiger partial charge is 0.444 e. The molecule has 0 radical (unpaired) electrons. The van der Waals surface area contributed by atoms with Crippen LogP contribution in [0.2, 0.25) is 0 Å². The molecule has 0 aromatic carbocycles. The number of amides is 1. The Labute approximate surface area is 151 Å². The van der Waals surface area contributed by atoms with Gasteiger partial charge >= 0.3 is 6.09 Å². The van der Waals surface area contributed by atoms with E-state index in [1.807, 2.05) is 20.8 Å². The molecule has 8 nitrogen and oxygen atoms in total. The molecule has 0 saturated carbocycles. The average molecular weight is 364 g/mol. The molecular formula is C17H36N2O6. The molecule has 8 heteroatoms. The molecule has 0 heterocycles. The van der Waals surface area contributed by atoms with Gasteiger partial charge in [-0.15, -0.1) is 0 Å². The minimum absolute atomic E-state index is 0.402. The van der Waals surface area contributed by atoms with Gasteiger partial charge in [0.25, 0.3) is 0 Å². The Morgan fingerprint density at radius 1 is 0.800 bits per heavy atom. The van der Waals surface area contributed by atoms with E-state index in [-0.39, 0.29) is 0 Å². The Morgan fingerprint density at radius 3 is 1.68 bits per heavy atom. The summed E-state index contributed by atoms with van der Waals surface area (Å²) >= 11 is 0. The Kier molecular flexibility index (Phi) is 15.9. The van der Waals surface area contributed by atoms with Crippen LogP contribution in [0.3, 0.4) is 0 Å². The van der Waals surface area contributed by atoms with Crippen molar-refractivity contribution in [3.05, 3.63) is 0 Å². The monoisotopic (exact) mass is 364 g/mol. The maximum absolute atomic E-state index is 11.4. The van der Waals surface area contributed by atoms with E-state index in [0.717, 1.165) is 12.8 Å². The van der Waals surface area contributed by atoms with Crippen LogP contribution in [0.5, 0.6) is 0 Å². The molecule has 0 saturated heterocycles. The number of rotatable bonds is 16. The highest BCUT2D eigenvalue weighted by molar-refractivity contribution is 5.67. The quantitative estimate of drug-likeness (QED) is 0.398. The molecule has 0 spiro atoms. The molecule has 0 atom stereocenters. The maximum Gasteiger partial charge on any atom is 0.407 e. The van der Waals surface area contributed by atoms with Crippen molar-refractivity contribution < 1.29 is 28.5 Å². The molecule has 0 bridgehead atoms. The summed E-state index contributed by atoms with van der Waals surface area (Å²) in [5.74, 6) is 0. The molecule has 150 valence electrons. The molecule has 0 aliphatic carbocycles. The molecule has 0 aromatic rings. The van der Waals surface area contributed by atoms with Gasteiger partial charge < -0.3 is 34.7 Å². The van der Waals surface area contributed by atoms with Gasteiger partial charge in [-0.2, -0.15) is 0 Å². The van der Waals surface area contributed by atoms with Gasteiger partial charge in [0, 0.05) is 19.8 Å². The fraction of sp³-hybridized carbons (Fsp3) is 0.941. The van der Waals surface area contributed by atoms with Gasteiger partial charge in [-0.05, 0) is 40.2 Å². The zero-order chi connectivity index (χ0) is 18.8. The Morgan fingerprint density at radius 2 is 1.24 bits per heavy atom. The van der Waals surface area contributed by atoms with Crippen LogP contribution in [0.25, 0.3) is 0 Å². The molecule has 25 heavy (non-hydrogen) atoms. The molecule has 0 aliphatic rings. The zero-order valence-electron chi connectivity index (χ0n) is 16.0. The van der Waals surface area contributed by atoms with Crippen molar-refractivity contribution in [1.29, 1.82) is 0 Å². The van der Waals surface area contributed by atoms with Gasteiger partial charge in [-0.3, -0.25) is 0 Å². The third-order valence-electron chi connectivity index (χ3n) is 2.74. The molecule has 1 amide bonds. The first-order valence-corrected chi connectivity index (χ1v) is 8.93. The summed E-state index contributed by atoms with van der Waals surface area (Å²) in [4.78, 5) is 11.4. The average Bonchev–Trinajstić information content (AvgIpc) is 2.53. The van der Waals surface area contributed by atoms with Crippen LogP contribution in [0.4, 0.5) is 4.79 Å². The predicted molar refractivity (Wildman–Crippen MR) is 95.8 cm³/mol. The minimum Gasteiger partial charge on any atom is -0.444 e. The molecule has 0 unspecified atom stereocenters. The van der Waals surface area contributed by atoms with E-state index in [1.165, 1.54) is 0 Å². The highest BCUT2D eigenvalue weighted by atomic mass is 16.6. The summed E-state index contributed by atoms with van der Waals surface area (Å²) in [6, 6.07) is 0. The van der Waals surface area contributed by atoms with Crippen LogP contribution in [-0.2, 0) is 23.7 Å².